The van der Waals surface area contributed by atoms with Crippen molar-refractivity contribution in [1.29, 1.82) is 0 Å². The van der Waals surface area contributed by atoms with Gasteiger partial charge in [0, 0.05) is 19.2 Å². The van der Waals surface area contributed by atoms with E-state index in [1.807, 2.05) is 12.1 Å². The zero-order valence-corrected chi connectivity index (χ0v) is 12.9. The summed E-state index contributed by atoms with van der Waals surface area (Å²) < 4.78 is 10.8. The van der Waals surface area contributed by atoms with Crippen molar-refractivity contribution in [1.82, 2.24) is 5.32 Å². The SMILES string of the molecule is COc1ccc(CCC(C)NCC2CCOC2C)cc1. The van der Waals surface area contributed by atoms with Crippen LogP contribution in [-0.4, -0.2) is 32.4 Å². The second-order valence-electron chi connectivity index (χ2n) is 5.82. The van der Waals surface area contributed by atoms with Gasteiger partial charge in [-0.2, -0.15) is 0 Å². The molecule has 1 saturated heterocycles. The van der Waals surface area contributed by atoms with Crippen molar-refractivity contribution >= 4 is 0 Å². The fourth-order valence-corrected chi connectivity index (χ4v) is 2.67. The number of aryl methyl sites for hydroxylation is 1. The zero-order valence-electron chi connectivity index (χ0n) is 12.9. The summed E-state index contributed by atoms with van der Waals surface area (Å²) in [6.45, 7) is 6.45. The number of nitrogens with one attached hydrogen (secondary N) is 1. The largest absolute Gasteiger partial charge is 0.497 e. The predicted molar refractivity (Wildman–Crippen MR) is 82.3 cm³/mol. The minimum atomic E-state index is 0.413. The van der Waals surface area contributed by atoms with Gasteiger partial charge in [-0.1, -0.05) is 12.1 Å². The highest BCUT2D eigenvalue weighted by atomic mass is 16.5. The van der Waals surface area contributed by atoms with Gasteiger partial charge in [-0.05, 0) is 56.7 Å². The lowest BCUT2D eigenvalue weighted by atomic mass is 10.0. The van der Waals surface area contributed by atoms with Crippen LogP contribution in [0.1, 0.15) is 32.3 Å². The van der Waals surface area contributed by atoms with Crippen molar-refractivity contribution in [2.75, 3.05) is 20.3 Å². The smallest absolute Gasteiger partial charge is 0.118 e. The number of benzene rings is 1. The zero-order chi connectivity index (χ0) is 14.4. The summed E-state index contributed by atoms with van der Waals surface area (Å²) >= 11 is 0. The van der Waals surface area contributed by atoms with Crippen LogP contribution in [0, 0.1) is 5.92 Å². The van der Waals surface area contributed by atoms with E-state index in [-0.39, 0.29) is 0 Å². The first kappa shape index (κ1) is 15.3. The Bertz CT molecular complexity index is 390. The van der Waals surface area contributed by atoms with E-state index in [4.69, 9.17) is 9.47 Å². The summed E-state index contributed by atoms with van der Waals surface area (Å²) in [4.78, 5) is 0. The molecule has 1 N–H and O–H groups in total. The normalized spacial score (nSPS) is 23.8. The summed E-state index contributed by atoms with van der Waals surface area (Å²) in [7, 11) is 1.70. The van der Waals surface area contributed by atoms with E-state index >= 15 is 0 Å². The van der Waals surface area contributed by atoms with Gasteiger partial charge in [-0.15, -0.1) is 0 Å². The van der Waals surface area contributed by atoms with Gasteiger partial charge in [0.2, 0.25) is 0 Å². The minimum Gasteiger partial charge on any atom is -0.497 e. The van der Waals surface area contributed by atoms with E-state index in [2.05, 4.69) is 31.3 Å². The summed E-state index contributed by atoms with van der Waals surface area (Å²) in [5.41, 5.74) is 1.37. The first-order valence-electron chi connectivity index (χ1n) is 7.67. The van der Waals surface area contributed by atoms with Crippen LogP contribution in [0.3, 0.4) is 0 Å². The predicted octanol–water partition coefficient (Wildman–Crippen LogP) is 3.03. The maximum absolute atomic E-state index is 5.60. The molecule has 1 aromatic rings. The number of hydrogen-bond acceptors (Lipinski definition) is 3. The molecule has 0 radical (unpaired) electrons. The first-order chi connectivity index (χ1) is 9.69. The van der Waals surface area contributed by atoms with Gasteiger partial charge in [-0.25, -0.2) is 0 Å². The average Bonchev–Trinajstić information content (AvgIpc) is 2.89. The maximum atomic E-state index is 5.60. The third-order valence-electron chi connectivity index (χ3n) is 4.29. The molecule has 0 bridgehead atoms. The fraction of sp³-hybridized carbons (Fsp3) is 0.647. The van der Waals surface area contributed by atoms with Gasteiger partial charge in [-0.3, -0.25) is 0 Å². The van der Waals surface area contributed by atoms with Crippen molar-refractivity contribution in [3.8, 4) is 5.75 Å². The lowest BCUT2D eigenvalue weighted by Crippen LogP contribution is -2.33. The highest BCUT2D eigenvalue weighted by molar-refractivity contribution is 5.27. The molecule has 2 rings (SSSR count). The summed E-state index contributed by atoms with van der Waals surface area (Å²) in [5.74, 6) is 1.61. The molecule has 1 aliphatic rings. The van der Waals surface area contributed by atoms with Crippen LogP contribution in [-0.2, 0) is 11.2 Å². The van der Waals surface area contributed by atoms with Crippen LogP contribution in [0.4, 0.5) is 0 Å². The molecule has 0 amide bonds. The molecule has 0 saturated carbocycles. The van der Waals surface area contributed by atoms with Crippen LogP contribution < -0.4 is 10.1 Å². The maximum Gasteiger partial charge on any atom is 0.118 e. The lowest BCUT2D eigenvalue weighted by Gasteiger charge is -2.19. The van der Waals surface area contributed by atoms with Gasteiger partial charge in [0.1, 0.15) is 5.75 Å². The van der Waals surface area contributed by atoms with E-state index in [0.29, 0.717) is 18.1 Å². The van der Waals surface area contributed by atoms with Crippen molar-refractivity contribution in [3.05, 3.63) is 29.8 Å². The fourth-order valence-electron chi connectivity index (χ4n) is 2.67. The summed E-state index contributed by atoms with van der Waals surface area (Å²) in [6, 6.07) is 8.91. The molecule has 20 heavy (non-hydrogen) atoms. The Hall–Kier alpha value is -1.06. The molecular weight excluding hydrogens is 250 g/mol. The van der Waals surface area contributed by atoms with E-state index in [9.17, 15) is 0 Å². The minimum absolute atomic E-state index is 0.413. The quantitative estimate of drug-likeness (QED) is 0.831. The molecule has 0 aliphatic carbocycles. The van der Waals surface area contributed by atoms with E-state index in [1.54, 1.807) is 7.11 Å². The molecular formula is C17H27NO2. The van der Waals surface area contributed by atoms with Gasteiger partial charge >= 0.3 is 0 Å². The molecule has 3 nitrogen and oxygen atoms in total. The topological polar surface area (TPSA) is 30.5 Å². The van der Waals surface area contributed by atoms with Crippen molar-refractivity contribution in [2.24, 2.45) is 5.92 Å². The highest BCUT2D eigenvalue weighted by Gasteiger charge is 2.23. The van der Waals surface area contributed by atoms with Crippen LogP contribution in [0.2, 0.25) is 0 Å². The number of ether oxygens (including phenoxy) is 2. The Morgan fingerprint density at radius 1 is 1.35 bits per heavy atom. The monoisotopic (exact) mass is 277 g/mol. The van der Waals surface area contributed by atoms with Crippen molar-refractivity contribution in [2.45, 2.75) is 45.3 Å². The molecule has 1 fully saturated rings. The summed E-state index contributed by atoms with van der Waals surface area (Å²) in [6.07, 6.45) is 3.87. The Morgan fingerprint density at radius 2 is 2.10 bits per heavy atom. The molecule has 1 heterocycles. The Kier molecular flexibility index (Phi) is 5.86. The Labute approximate surface area is 122 Å². The van der Waals surface area contributed by atoms with Gasteiger partial charge < -0.3 is 14.8 Å². The Balaban J connectivity index is 1.67. The van der Waals surface area contributed by atoms with Gasteiger partial charge in [0.05, 0.1) is 13.2 Å². The summed E-state index contributed by atoms with van der Waals surface area (Å²) in [5, 5.41) is 3.64. The second-order valence-corrected chi connectivity index (χ2v) is 5.82. The number of hydrogen-bond donors (Lipinski definition) is 1. The molecule has 1 aromatic carbocycles. The second kappa shape index (κ2) is 7.65. The van der Waals surface area contributed by atoms with Crippen molar-refractivity contribution in [3.63, 3.8) is 0 Å². The first-order valence-corrected chi connectivity index (χ1v) is 7.67. The third kappa shape index (κ3) is 4.50. The molecule has 112 valence electrons. The van der Waals surface area contributed by atoms with E-state index in [0.717, 1.165) is 31.7 Å². The number of rotatable bonds is 7. The molecule has 0 spiro atoms. The molecule has 3 heteroatoms. The van der Waals surface area contributed by atoms with Crippen LogP contribution in [0.5, 0.6) is 5.75 Å². The molecule has 1 aliphatic heterocycles. The highest BCUT2D eigenvalue weighted by Crippen LogP contribution is 2.19. The number of methoxy groups -OCH3 is 1. The molecule has 0 aromatic heterocycles. The van der Waals surface area contributed by atoms with Gasteiger partial charge in [0.25, 0.3) is 0 Å². The molecule has 3 atom stereocenters. The van der Waals surface area contributed by atoms with Gasteiger partial charge in [0.15, 0.2) is 0 Å². The van der Waals surface area contributed by atoms with Crippen molar-refractivity contribution < 1.29 is 9.47 Å². The standard InChI is InChI=1S/C17H27NO2/c1-13(18-12-16-10-11-20-14(16)2)4-5-15-6-8-17(19-3)9-7-15/h6-9,13-14,16,18H,4-5,10-12H2,1-3H3. The molecule has 3 unspecified atom stereocenters. The third-order valence-corrected chi connectivity index (χ3v) is 4.29. The lowest BCUT2D eigenvalue weighted by molar-refractivity contribution is 0.105. The van der Waals surface area contributed by atoms with E-state index < -0.39 is 0 Å². The average molecular weight is 277 g/mol. The van der Waals surface area contributed by atoms with Crippen LogP contribution in [0.15, 0.2) is 24.3 Å². The van der Waals surface area contributed by atoms with E-state index in [1.165, 1.54) is 12.0 Å². The van der Waals surface area contributed by atoms with Crippen LogP contribution >= 0.6 is 0 Å². The Morgan fingerprint density at radius 3 is 2.70 bits per heavy atom. The van der Waals surface area contributed by atoms with Crippen LogP contribution in [0.25, 0.3) is 0 Å².